The van der Waals surface area contributed by atoms with E-state index in [1.165, 1.54) is 0 Å². The van der Waals surface area contributed by atoms with E-state index in [2.05, 4.69) is 15.2 Å². The fourth-order valence-electron chi connectivity index (χ4n) is 0.604. The van der Waals surface area contributed by atoms with Gasteiger partial charge in [0.25, 0.3) is 5.56 Å². The number of aromatic amines is 1. The van der Waals surface area contributed by atoms with Crippen LogP contribution in [0.3, 0.4) is 0 Å². The van der Waals surface area contributed by atoms with Gasteiger partial charge in [-0.15, -0.1) is 10.2 Å². The lowest BCUT2D eigenvalue weighted by atomic mass is 10.4. The Morgan fingerprint density at radius 1 is 1.50 bits per heavy atom. The van der Waals surface area contributed by atoms with Gasteiger partial charge in [-0.2, -0.15) is 0 Å². The molecule has 12 heavy (non-hydrogen) atoms. The number of rotatable bonds is 1. The summed E-state index contributed by atoms with van der Waals surface area (Å²) >= 11 is 0. The number of nitrogens with zero attached hydrogens (tertiary/aromatic N) is 2. The van der Waals surface area contributed by atoms with Crippen LogP contribution in [0, 0.1) is 0 Å². The van der Waals surface area contributed by atoms with Crippen LogP contribution in [0.4, 0.5) is 5.95 Å². The van der Waals surface area contributed by atoms with Gasteiger partial charge in [-0.25, -0.2) is 0 Å². The zero-order chi connectivity index (χ0) is 9.56. The van der Waals surface area contributed by atoms with Crippen LogP contribution in [-0.4, -0.2) is 22.0 Å². The van der Waals surface area contributed by atoms with E-state index >= 15 is 0 Å². The lowest BCUT2D eigenvalue weighted by Gasteiger charge is -1.92. The quantitative estimate of drug-likeness (QED) is 0.570. The molecule has 1 aromatic heterocycles. The molecule has 0 saturated carbocycles. The van der Waals surface area contributed by atoms with Crippen LogP contribution < -0.4 is 11.3 Å². The van der Waals surface area contributed by atoms with E-state index in [0.29, 0.717) is 12.1 Å². The van der Waals surface area contributed by atoms with Gasteiger partial charge < -0.3 is 10.5 Å². The number of nitrogens with two attached hydrogens (primary N) is 1. The summed E-state index contributed by atoms with van der Waals surface area (Å²) in [5.41, 5.74) is 5.31. The number of carbonyl (C=O) groups excluding carboxylic acids is 1. The number of carbonyl (C=O) groups is 1. The van der Waals surface area contributed by atoms with E-state index in [1.807, 2.05) is 13.7 Å². The Balaban J connectivity index is 0.000000561. The fourth-order valence-corrected chi connectivity index (χ4v) is 0.604. The minimum Gasteiger partial charge on any atom is -0.368 e. The van der Waals surface area contributed by atoms with Crippen LogP contribution >= 0.6 is 0 Å². The number of anilines is 1. The van der Waals surface area contributed by atoms with Crippen molar-refractivity contribution in [2.24, 2.45) is 0 Å². The van der Waals surface area contributed by atoms with Gasteiger partial charge in [0.1, 0.15) is 12.5 Å². The van der Waals surface area contributed by atoms with Crippen LogP contribution in [-0.2, 0) is 11.2 Å². The second-order valence-electron chi connectivity index (χ2n) is 1.84. The third-order valence-corrected chi connectivity index (χ3v) is 1.12. The van der Waals surface area contributed by atoms with Crippen molar-refractivity contribution in [2.75, 3.05) is 5.73 Å². The Bertz CT molecular complexity index is 296. The summed E-state index contributed by atoms with van der Waals surface area (Å²) in [6, 6.07) is 0. The SMILES string of the molecule is C=O.CCc1nnc(N)[nH]c1=O. The van der Waals surface area contributed by atoms with Gasteiger partial charge in [0.05, 0.1) is 0 Å². The Kier molecular flexibility index (Phi) is 4.28. The summed E-state index contributed by atoms with van der Waals surface area (Å²) in [5, 5.41) is 7.06. The maximum atomic E-state index is 10.8. The molecule has 1 heterocycles. The Morgan fingerprint density at radius 3 is 2.50 bits per heavy atom. The molecule has 6 nitrogen and oxygen atoms in total. The lowest BCUT2D eigenvalue weighted by Crippen LogP contribution is -2.17. The predicted molar refractivity (Wildman–Crippen MR) is 43.6 cm³/mol. The van der Waals surface area contributed by atoms with Crippen molar-refractivity contribution in [3.8, 4) is 0 Å². The summed E-state index contributed by atoms with van der Waals surface area (Å²) in [6.07, 6.45) is 0.572. The van der Waals surface area contributed by atoms with Gasteiger partial charge in [-0.1, -0.05) is 6.92 Å². The Labute approximate surface area is 68.8 Å². The first-order valence-electron chi connectivity index (χ1n) is 3.24. The van der Waals surface area contributed by atoms with Crippen LogP contribution in [0.1, 0.15) is 12.6 Å². The van der Waals surface area contributed by atoms with Crippen molar-refractivity contribution in [1.29, 1.82) is 0 Å². The third kappa shape index (κ3) is 2.49. The molecule has 0 atom stereocenters. The van der Waals surface area contributed by atoms with Gasteiger partial charge in [-0.3, -0.25) is 9.78 Å². The highest BCUT2D eigenvalue weighted by Gasteiger charge is 1.97. The van der Waals surface area contributed by atoms with E-state index in [-0.39, 0.29) is 11.5 Å². The first-order valence-corrected chi connectivity index (χ1v) is 3.24. The first kappa shape index (κ1) is 10.3. The Morgan fingerprint density at radius 2 is 2.08 bits per heavy atom. The molecular weight excluding hydrogens is 160 g/mol. The van der Waals surface area contributed by atoms with Crippen LogP contribution in [0.2, 0.25) is 0 Å². The summed E-state index contributed by atoms with van der Waals surface area (Å²) in [7, 11) is 0. The number of aryl methyl sites for hydroxylation is 1. The largest absolute Gasteiger partial charge is 0.368 e. The molecule has 0 unspecified atom stereocenters. The van der Waals surface area contributed by atoms with Crippen LogP contribution in [0.5, 0.6) is 0 Å². The third-order valence-electron chi connectivity index (χ3n) is 1.12. The summed E-state index contributed by atoms with van der Waals surface area (Å²) in [4.78, 5) is 21.2. The normalized spacial score (nSPS) is 8.42. The smallest absolute Gasteiger partial charge is 0.274 e. The molecule has 1 aromatic rings. The van der Waals surface area contributed by atoms with Crippen molar-refractivity contribution in [1.82, 2.24) is 15.2 Å². The topological polar surface area (TPSA) is 102 Å². The number of aromatic nitrogens is 3. The number of hydrogen-bond donors (Lipinski definition) is 2. The van der Waals surface area contributed by atoms with Gasteiger partial charge in [0.15, 0.2) is 0 Å². The average molecular weight is 170 g/mol. The van der Waals surface area contributed by atoms with Gasteiger partial charge >= 0.3 is 0 Å². The second kappa shape index (κ2) is 5.00. The molecule has 0 radical (unpaired) electrons. The van der Waals surface area contributed by atoms with Gasteiger partial charge in [-0.05, 0) is 6.42 Å². The van der Waals surface area contributed by atoms with Gasteiger partial charge in [0.2, 0.25) is 5.95 Å². The van der Waals surface area contributed by atoms with Crippen LogP contribution in [0.25, 0.3) is 0 Å². The minimum atomic E-state index is -0.255. The molecule has 0 fully saturated rings. The molecule has 0 aliphatic heterocycles. The van der Waals surface area contributed by atoms with E-state index < -0.39 is 0 Å². The highest BCUT2D eigenvalue weighted by Crippen LogP contribution is 1.84. The Hall–Kier alpha value is -1.72. The molecule has 0 saturated heterocycles. The van der Waals surface area contributed by atoms with Crippen molar-refractivity contribution < 1.29 is 4.79 Å². The van der Waals surface area contributed by atoms with Gasteiger partial charge in [0, 0.05) is 0 Å². The fraction of sp³-hybridized carbons (Fsp3) is 0.333. The zero-order valence-electron chi connectivity index (χ0n) is 6.70. The second-order valence-corrected chi connectivity index (χ2v) is 1.84. The van der Waals surface area contributed by atoms with Crippen LogP contribution in [0.15, 0.2) is 4.79 Å². The molecule has 6 heteroatoms. The van der Waals surface area contributed by atoms with E-state index in [4.69, 9.17) is 10.5 Å². The number of hydrogen-bond acceptors (Lipinski definition) is 5. The standard InChI is InChI=1S/C5H8N4O.CH2O/c1-2-3-4(10)7-5(6)9-8-3;1-2/h2H2,1H3,(H3,6,7,9,10);1H2. The molecule has 0 aliphatic carbocycles. The lowest BCUT2D eigenvalue weighted by molar-refractivity contribution is -0.0979. The maximum Gasteiger partial charge on any atom is 0.274 e. The van der Waals surface area contributed by atoms with E-state index in [0.717, 1.165) is 0 Å². The molecule has 1 rings (SSSR count). The number of nitrogen functional groups attached to an aromatic ring is 1. The maximum absolute atomic E-state index is 10.8. The molecule has 0 aliphatic rings. The summed E-state index contributed by atoms with van der Waals surface area (Å²) in [5.74, 6) is 0.0576. The van der Waals surface area contributed by atoms with E-state index in [9.17, 15) is 4.79 Å². The molecule has 0 bridgehead atoms. The van der Waals surface area contributed by atoms with Crippen molar-refractivity contribution in [2.45, 2.75) is 13.3 Å². The molecular formula is C6H10N4O2. The molecule has 0 spiro atoms. The molecule has 66 valence electrons. The van der Waals surface area contributed by atoms with Crippen molar-refractivity contribution in [3.63, 3.8) is 0 Å². The van der Waals surface area contributed by atoms with E-state index in [1.54, 1.807) is 0 Å². The zero-order valence-corrected chi connectivity index (χ0v) is 6.70. The van der Waals surface area contributed by atoms with Crippen molar-refractivity contribution in [3.05, 3.63) is 16.0 Å². The first-order chi connectivity index (χ1) is 5.74. The number of nitrogens with one attached hydrogen (secondary N) is 1. The monoisotopic (exact) mass is 170 g/mol. The average Bonchev–Trinajstić information content (AvgIpc) is 2.08. The minimum absolute atomic E-state index is 0.0576. The molecule has 0 amide bonds. The molecule has 0 aromatic carbocycles. The highest BCUT2D eigenvalue weighted by molar-refractivity contribution is 5.11. The number of H-pyrrole nitrogens is 1. The highest BCUT2D eigenvalue weighted by atomic mass is 16.1. The predicted octanol–water partition coefficient (Wildman–Crippen LogP) is -0.875. The molecule has 3 N–H and O–H groups in total. The summed E-state index contributed by atoms with van der Waals surface area (Å²) in [6.45, 7) is 3.83. The summed E-state index contributed by atoms with van der Waals surface area (Å²) < 4.78 is 0. The van der Waals surface area contributed by atoms with Crippen molar-refractivity contribution >= 4 is 12.7 Å².